The van der Waals surface area contributed by atoms with Gasteiger partial charge in [-0.2, -0.15) is 0 Å². The molecule has 2 saturated heterocycles. The van der Waals surface area contributed by atoms with Gasteiger partial charge in [0.1, 0.15) is 11.6 Å². The van der Waals surface area contributed by atoms with Crippen LogP contribution in [0, 0.1) is 11.8 Å². The quantitative estimate of drug-likeness (QED) is 0.344. The van der Waals surface area contributed by atoms with Crippen LogP contribution in [-0.2, 0) is 23.9 Å². The molecule has 4 aliphatic rings. The number of nitrogens with zero attached hydrogens (tertiary/aromatic N) is 1. The summed E-state index contributed by atoms with van der Waals surface area (Å²) >= 11 is 12.1. The molecule has 5 atom stereocenters. The molecule has 0 radical (unpaired) electrons. The molecular weight excluding hydrogens is 529 g/mol. The Labute approximate surface area is 233 Å². The second kappa shape index (κ2) is 11.2. The van der Waals surface area contributed by atoms with Gasteiger partial charge in [0.25, 0.3) is 0 Å². The second-order valence-corrected chi connectivity index (χ2v) is 11.8. The lowest BCUT2D eigenvalue weighted by Gasteiger charge is -2.34. The largest absolute Gasteiger partial charge is 0.379 e. The molecule has 206 valence electrons. The SMILES string of the molecule is CC(C)OCCCN1C(=O)[C@H]2C(C(=O)Nc3ccc(Cl)c(Cl)c3)[C@H]3C=CC2(O3)C1C(=O)NC1CCCCC1. The van der Waals surface area contributed by atoms with E-state index in [0.717, 1.165) is 25.7 Å². The number of amides is 3. The van der Waals surface area contributed by atoms with Crippen LogP contribution in [0.1, 0.15) is 52.4 Å². The van der Waals surface area contributed by atoms with Crippen molar-refractivity contribution in [2.75, 3.05) is 18.5 Å². The van der Waals surface area contributed by atoms with Crippen molar-refractivity contribution in [3.63, 3.8) is 0 Å². The summed E-state index contributed by atoms with van der Waals surface area (Å²) in [6.45, 7) is 4.73. The molecule has 3 fully saturated rings. The third-order valence-electron chi connectivity index (χ3n) is 8.06. The van der Waals surface area contributed by atoms with Gasteiger partial charge in [-0.25, -0.2) is 0 Å². The number of likely N-dealkylation sites (tertiary alicyclic amines) is 1. The van der Waals surface area contributed by atoms with Gasteiger partial charge in [0.15, 0.2) is 0 Å². The van der Waals surface area contributed by atoms with Crippen LogP contribution >= 0.6 is 23.2 Å². The first-order valence-electron chi connectivity index (χ1n) is 13.6. The zero-order chi connectivity index (χ0) is 27.0. The Morgan fingerprint density at radius 2 is 1.92 bits per heavy atom. The topological polar surface area (TPSA) is 97.0 Å². The van der Waals surface area contributed by atoms with Gasteiger partial charge in [0.05, 0.1) is 34.1 Å². The molecule has 8 nitrogen and oxygen atoms in total. The van der Waals surface area contributed by atoms with Crippen LogP contribution in [0.3, 0.4) is 0 Å². The Balaban J connectivity index is 1.39. The zero-order valence-electron chi connectivity index (χ0n) is 21.8. The zero-order valence-corrected chi connectivity index (χ0v) is 23.3. The summed E-state index contributed by atoms with van der Waals surface area (Å²) in [6, 6.07) is 4.07. The van der Waals surface area contributed by atoms with Crippen molar-refractivity contribution < 1.29 is 23.9 Å². The fourth-order valence-corrected chi connectivity index (χ4v) is 6.69. The summed E-state index contributed by atoms with van der Waals surface area (Å²) in [5.74, 6) is -2.38. The molecular formula is C28H35Cl2N3O5. The smallest absolute Gasteiger partial charge is 0.246 e. The summed E-state index contributed by atoms with van der Waals surface area (Å²) in [6.07, 6.45) is 8.89. The van der Waals surface area contributed by atoms with Gasteiger partial charge < -0.3 is 25.0 Å². The predicted octanol–water partition coefficient (Wildman–Crippen LogP) is 4.35. The van der Waals surface area contributed by atoms with E-state index in [9.17, 15) is 14.4 Å². The maximum Gasteiger partial charge on any atom is 0.246 e. The molecule has 1 aromatic rings. The highest BCUT2D eigenvalue weighted by molar-refractivity contribution is 6.42. The first kappa shape index (κ1) is 27.4. The van der Waals surface area contributed by atoms with Crippen molar-refractivity contribution in [3.8, 4) is 0 Å². The maximum absolute atomic E-state index is 13.9. The monoisotopic (exact) mass is 563 g/mol. The minimum absolute atomic E-state index is 0.0731. The second-order valence-electron chi connectivity index (χ2n) is 11.0. The van der Waals surface area contributed by atoms with Crippen LogP contribution in [-0.4, -0.2) is 65.7 Å². The van der Waals surface area contributed by atoms with Crippen LogP contribution in [0.5, 0.6) is 0 Å². The molecule has 3 unspecified atom stereocenters. The highest BCUT2D eigenvalue weighted by Crippen LogP contribution is 2.55. The third kappa shape index (κ3) is 5.08. The van der Waals surface area contributed by atoms with Crippen LogP contribution in [0.15, 0.2) is 30.4 Å². The Bertz CT molecular complexity index is 1120. The molecule has 1 saturated carbocycles. The van der Waals surface area contributed by atoms with Gasteiger partial charge >= 0.3 is 0 Å². The van der Waals surface area contributed by atoms with E-state index < -0.39 is 29.6 Å². The lowest BCUT2D eigenvalue weighted by Crippen LogP contribution is -2.56. The highest BCUT2D eigenvalue weighted by atomic mass is 35.5. The number of hydrogen-bond acceptors (Lipinski definition) is 5. The number of carbonyl (C=O) groups excluding carboxylic acids is 3. The van der Waals surface area contributed by atoms with E-state index in [1.807, 2.05) is 26.0 Å². The van der Waals surface area contributed by atoms with E-state index in [1.165, 1.54) is 6.42 Å². The number of anilines is 1. The number of hydrogen-bond donors (Lipinski definition) is 2. The van der Waals surface area contributed by atoms with Crippen LogP contribution in [0.25, 0.3) is 0 Å². The first-order chi connectivity index (χ1) is 18.2. The number of nitrogens with one attached hydrogen (secondary N) is 2. The number of rotatable bonds is 9. The fourth-order valence-electron chi connectivity index (χ4n) is 6.39. The lowest BCUT2D eigenvalue weighted by molar-refractivity contribution is -0.141. The molecule has 0 aromatic heterocycles. The Morgan fingerprint density at radius 1 is 1.16 bits per heavy atom. The average Bonchev–Trinajstić information content (AvgIpc) is 3.52. The van der Waals surface area contributed by atoms with Crippen molar-refractivity contribution >= 4 is 46.6 Å². The predicted molar refractivity (Wildman–Crippen MR) is 145 cm³/mol. The summed E-state index contributed by atoms with van der Waals surface area (Å²) in [5.41, 5.74) is -0.705. The van der Waals surface area contributed by atoms with E-state index in [2.05, 4.69) is 10.6 Å². The average molecular weight is 565 g/mol. The normalized spacial score (nSPS) is 30.2. The molecule has 3 aliphatic heterocycles. The standard InChI is InChI=1S/C28H35Cl2N3O5/c1-16(2)37-14-6-13-33-24(26(35)31-17-7-4-3-5-8-17)28-12-11-21(38-28)22(23(28)27(33)36)25(34)32-18-9-10-19(29)20(30)15-18/h9-12,15-17,21-24H,3-8,13-14H2,1-2H3,(H,31,35)(H,32,34)/t21-,22?,23-,24?,28?/m1/s1. The van der Waals surface area contributed by atoms with E-state index in [1.54, 1.807) is 23.1 Å². The summed E-state index contributed by atoms with van der Waals surface area (Å²) < 4.78 is 12.1. The number of ether oxygens (including phenoxy) is 2. The van der Waals surface area contributed by atoms with Gasteiger partial charge in [0, 0.05) is 24.9 Å². The molecule has 1 aromatic carbocycles. The third-order valence-corrected chi connectivity index (χ3v) is 8.80. The molecule has 2 bridgehead atoms. The number of halogens is 2. The Hall–Kier alpha value is -2.13. The van der Waals surface area contributed by atoms with Crippen LogP contribution < -0.4 is 10.6 Å². The molecule has 1 spiro atoms. The summed E-state index contributed by atoms with van der Waals surface area (Å²) in [7, 11) is 0. The Morgan fingerprint density at radius 3 is 2.63 bits per heavy atom. The van der Waals surface area contributed by atoms with Crippen molar-refractivity contribution in [2.24, 2.45) is 11.8 Å². The first-order valence-corrected chi connectivity index (χ1v) is 14.3. The van der Waals surface area contributed by atoms with Crippen molar-refractivity contribution in [1.82, 2.24) is 10.2 Å². The number of benzene rings is 1. The number of carbonyl (C=O) groups is 3. The van der Waals surface area contributed by atoms with E-state index >= 15 is 0 Å². The molecule has 10 heteroatoms. The van der Waals surface area contributed by atoms with Gasteiger partial charge in [-0.1, -0.05) is 54.6 Å². The number of fused-ring (bicyclic) bond motifs is 1. The minimum atomic E-state index is -1.18. The van der Waals surface area contributed by atoms with Crippen molar-refractivity contribution in [2.45, 2.75) is 82.3 Å². The van der Waals surface area contributed by atoms with Gasteiger partial charge in [0.2, 0.25) is 17.7 Å². The summed E-state index contributed by atoms with van der Waals surface area (Å²) in [4.78, 5) is 42.9. The van der Waals surface area contributed by atoms with E-state index in [-0.39, 0.29) is 29.9 Å². The van der Waals surface area contributed by atoms with E-state index in [4.69, 9.17) is 32.7 Å². The maximum atomic E-state index is 13.9. The van der Waals surface area contributed by atoms with Gasteiger partial charge in [-0.05, 0) is 51.3 Å². The Kier molecular flexibility index (Phi) is 8.06. The molecule has 2 N–H and O–H groups in total. The molecule has 3 amide bonds. The van der Waals surface area contributed by atoms with Gasteiger partial charge in [-0.15, -0.1) is 0 Å². The highest BCUT2D eigenvalue weighted by Gasteiger charge is 2.72. The summed E-state index contributed by atoms with van der Waals surface area (Å²) in [5, 5.41) is 6.76. The molecule has 5 rings (SSSR count). The molecule has 3 heterocycles. The van der Waals surface area contributed by atoms with Crippen molar-refractivity contribution in [3.05, 3.63) is 40.4 Å². The minimum Gasteiger partial charge on any atom is -0.379 e. The van der Waals surface area contributed by atoms with Crippen LogP contribution in [0.2, 0.25) is 10.0 Å². The van der Waals surface area contributed by atoms with Gasteiger partial charge in [-0.3, -0.25) is 14.4 Å². The fraction of sp³-hybridized carbons (Fsp3) is 0.607. The lowest BCUT2D eigenvalue weighted by atomic mass is 9.74. The molecule has 38 heavy (non-hydrogen) atoms. The van der Waals surface area contributed by atoms with Crippen molar-refractivity contribution in [1.29, 1.82) is 0 Å². The van der Waals surface area contributed by atoms with Crippen LogP contribution in [0.4, 0.5) is 5.69 Å². The molecule has 1 aliphatic carbocycles. The van der Waals surface area contributed by atoms with E-state index in [0.29, 0.717) is 35.3 Å².